The minimum Gasteiger partial charge on any atom is -0.382 e. The van der Waals surface area contributed by atoms with Crippen molar-refractivity contribution in [2.24, 2.45) is 0 Å². The molecule has 0 bridgehead atoms. The first-order valence-electron chi connectivity index (χ1n) is 7.35. The lowest BCUT2D eigenvalue weighted by atomic mass is 10.1. The van der Waals surface area contributed by atoms with Crippen molar-refractivity contribution in [2.45, 2.75) is 38.1 Å². The van der Waals surface area contributed by atoms with Crippen molar-refractivity contribution >= 4 is 21.4 Å². The Bertz CT molecular complexity index is 829. The Balaban J connectivity index is 1.90. The third-order valence-corrected chi connectivity index (χ3v) is 5.45. The van der Waals surface area contributed by atoms with Crippen LogP contribution in [0.25, 0.3) is 0 Å². The van der Waals surface area contributed by atoms with Gasteiger partial charge in [-0.05, 0) is 74.2 Å². The lowest BCUT2D eigenvalue weighted by Gasteiger charge is -2.11. The molecule has 2 aromatic rings. The normalized spacial score (nSPS) is 17.0. The van der Waals surface area contributed by atoms with Crippen LogP contribution in [0.2, 0.25) is 0 Å². The SMILES string of the molecule is Cc1ccc(NS(=O)(=O)c2ccc3c(c2)C[C@@H](C)N3)cc1C. The Kier molecular flexibility index (Phi) is 3.60. The third kappa shape index (κ3) is 2.81. The second-order valence-electron chi connectivity index (χ2n) is 5.97. The highest BCUT2D eigenvalue weighted by molar-refractivity contribution is 7.92. The summed E-state index contributed by atoms with van der Waals surface area (Å²) in [5.74, 6) is 0. The average Bonchev–Trinajstić information content (AvgIpc) is 2.81. The van der Waals surface area contributed by atoms with Crippen LogP contribution in [0.4, 0.5) is 11.4 Å². The summed E-state index contributed by atoms with van der Waals surface area (Å²) in [5, 5.41) is 3.32. The molecule has 0 fully saturated rings. The van der Waals surface area contributed by atoms with Crippen LogP contribution < -0.4 is 10.0 Å². The number of aryl methyl sites for hydroxylation is 2. The lowest BCUT2D eigenvalue weighted by Crippen LogP contribution is -2.13. The van der Waals surface area contributed by atoms with Crippen LogP contribution in [0.1, 0.15) is 23.6 Å². The van der Waals surface area contributed by atoms with Crippen molar-refractivity contribution in [1.29, 1.82) is 0 Å². The highest BCUT2D eigenvalue weighted by Gasteiger charge is 2.21. The molecule has 3 rings (SSSR count). The molecule has 1 heterocycles. The largest absolute Gasteiger partial charge is 0.382 e. The zero-order chi connectivity index (χ0) is 15.9. The number of benzene rings is 2. The molecule has 22 heavy (non-hydrogen) atoms. The minimum absolute atomic E-state index is 0.306. The van der Waals surface area contributed by atoms with E-state index in [-0.39, 0.29) is 0 Å². The topological polar surface area (TPSA) is 58.2 Å². The molecule has 2 aromatic carbocycles. The van der Waals surface area contributed by atoms with Crippen molar-refractivity contribution in [2.75, 3.05) is 10.0 Å². The van der Waals surface area contributed by atoms with Gasteiger partial charge in [-0.3, -0.25) is 4.72 Å². The standard InChI is InChI=1S/C17H20N2O2S/c1-11-4-5-15(8-12(11)2)19-22(20,21)16-6-7-17-14(10-16)9-13(3)18-17/h4-8,10,13,18-19H,9H2,1-3H3/t13-/m1/s1. The first kappa shape index (κ1) is 14.9. The van der Waals surface area contributed by atoms with Crippen LogP contribution in [-0.4, -0.2) is 14.5 Å². The fraction of sp³-hybridized carbons (Fsp3) is 0.294. The van der Waals surface area contributed by atoms with Crippen LogP contribution in [0, 0.1) is 13.8 Å². The highest BCUT2D eigenvalue weighted by Crippen LogP contribution is 2.29. The molecule has 1 aliphatic rings. The molecule has 0 unspecified atom stereocenters. The number of rotatable bonds is 3. The van der Waals surface area contributed by atoms with Crippen LogP contribution >= 0.6 is 0 Å². The summed E-state index contributed by atoms with van der Waals surface area (Å²) in [6.07, 6.45) is 0.850. The molecule has 0 amide bonds. The molecule has 1 atom stereocenters. The molecule has 116 valence electrons. The van der Waals surface area contributed by atoms with Gasteiger partial charge in [0.25, 0.3) is 10.0 Å². The molecule has 0 radical (unpaired) electrons. The van der Waals surface area contributed by atoms with E-state index in [0.717, 1.165) is 28.8 Å². The molecule has 0 saturated carbocycles. The van der Waals surface area contributed by atoms with Gasteiger partial charge >= 0.3 is 0 Å². The lowest BCUT2D eigenvalue weighted by molar-refractivity contribution is 0.601. The summed E-state index contributed by atoms with van der Waals surface area (Å²) < 4.78 is 27.8. The van der Waals surface area contributed by atoms with Crippen LogP contribution in [0.5, 0.6) is 0 Å². The van der Waals surface area contributed by atoms with E-state index >= 15 is 0 Å². The Morgan fingerprint density at radius 3 is 2.59 bits per heavy atom. The maximum absolute atomic E-state index is 12.5. The van der Waals surface area contributed by atoms with Gasteiger partial charge in [0, 0.05) is 17.4 Å². The molecule has 0 aromatic heterocycles. The predicted octanol–water partition coefficient (Wildman–Crippen LogP) is 3.46. The monoisotopic (exact) mass is 316 g/mol. The second-order valence-corrected chi connectivity index (χ2v) is 7.66. The Morgan fingerprint density at radius 1 is 1.09 bits per heavy atom. The van der Waals surface area contributed by atoms with Gasteiger partial charge < -0.3 is 5.32 Å². The van der Waals surface area contributed by atoms with E-state index in [4.69, 9.17) is 0 Å². The number of nitrogens with one attached hydrogen (secondary N) is 2. The van der Waals surface area contributed by atoms with E-state index in [2.05, 4.69) is 17.0 Å². The van der Waals surface area contributed by atoms with E-state index < -0.39 is 10.0 Å². The minimum atomic E-state index is -3.56. The number of hydrogen-bond donors (Lipinski definition) is 2. The number of fused-ring (bicyclic) bond motifs is 1. The summed E-state index contributed by atoms with van der Waals surface area (Å²) in [6.45, 7) is 6.05. The van der Waals surface area contributed by atoms with Crippen molar-refractivity contribution < 1.29 is 8.42 Å². The quantitative estimate of drug-likeness (QED) is 0.911. The number of anilines is 2. The van der Waals surface area contributed by atoms with Crippen molar-refractivity contribution in [1.82, 2.24) is 0 Å². The van der Waals surface area contributed by atoms with E-state index in [1.807, 2.05) is 32.0 Å². The van der Waals surface area contributed by atoms with Gasteiger partial charge in [0.05, 0.1) is 4.90 Å². The molecule has 5 heteroatoms. The highest BCUT2D eigenvalue weighted by atomic mass is 32.2. The Morgan fingerprint density at radius 2 is 1.86 bits per heavy atom. The fourth-order valence-corrected chi connectivity index (χ4v) is 3.81. The van der Waals surface area contributed by atoms with Gasteiger partial charge in [-0.25, -0.2) is 8.42 Å². The summed E-state index contributed by atoms with van der Waals surface area (Å²) in [4.78, 5) is 0.306. The summed E-state index contributed by atoms with van der Waals surface area (Å²) in [5.41, 5.74) is 4.87. The molecular formula is C17H20N2O2S. The van der Waals surface area contributed by atoms with Gasteiger partial charge in [-0.2, -0.15) is 0 Å². The van der Waals surface area contributed by atoms with Gasteiger partial charge in [-0.15, -0.1) is 0 Å². The predicted molar refractivity (Wildman–Crippen MR) is 90.0 cm³/mol. The molecule has 4 nitrogen and oxygen atoms in total. The number of sulfonamides is 1. The number of hydrogen-bond acceptors (Lipinski definition) is 3. The van der Waals surface area contributed by atoms with E-state index in [1.54, 1.807) is 18.2 Å². The molecule has 0 spiro atoms. The summed E-state index contributed by atoms with van der Waals surface area (Å²) >= 11 is 0. The maximum Gasteiger partial charge on any atom is 0.261 e. The molecule has 2 N–H and O–H groups in total. The van der Waals surface area contributed by atoms with Crippen LogP contribution in [0.15, 0.2) is 41.3 Å². The van der Waals surface area contributed by atoms with Gasteiger partial charge in [0.15, 0.2) is 0 Å². The molecule has 1 aliphatic heterocycles. The van der Waals surface area contributed by atoms with E-state index in [1.165, 1.54) is 0 Å². The van der Waals surface area contributed by atoms with Crippen LogP contribution in [0.3, 0.4) is 0 Å². The first-order chi connectivity index (χ1) is 10.3. The smallest absolute Gasteiger partial charge is 0.261 e. The molecular weight excluding hydrogens is 296 g/mol. The average molecular weight is 316 g/mol. The van der Waals surface area contributed by atoms with Gasteiger partial charge in [0.1, 0.15) is 0 Å². The third-order valence-electron chi connectivity index (χ3n) is 4.07. The first-order valence-corrected chi connectivity index (χ1v) is 8.83. The van der Waals surface area contributed by atoms with E-state index in [0.29, 0.717) is 16.6 Å². The maximum atomic E-state index is 12.5. The van der Waals surface area contributed by atoms with E-state index in [9.17, 15) is 8.42 Å². The van der Waals surface area contributed by atoms with Crippen LogP contribution in [-0.2, 0) is 16.4 Å². The summed E-state index contributed by atoms with van der Waals surface area (Å²) in [6, 6.07) is 11.2. The van der Waals surface area contributed by atoms with Crippen molar-refractivity contribution in [3.8, 4) is 0 Å². The molecule has 0 saturated heterocycles. The van der Waals surface area contributed by atoms with Gasteiger partial charge in [-0.1, -0.05) is 6.07 Å². The molecule has 0 aliphatic carbocycles. The fourth-order valence-electron chi connectivity index (χ4n) is 2.71. The van der Waals surface area contributed by atoms with Crippen molar-refractivity contribution in [3.05, 3.63) is 53.1 Å². The van der Waals surface area contributed by atoms with Gasteiger partial charge in [0.2, 0.25) is 0 Å². The zero-order valence-corrected chi connectivity index (χ0v) is 13.8. The Hall–Kier alpha value is -2.01. The summed E-state index contributed by atoms with van der Waals surface area (Å²) in [7, 11) is -3.56. The van der Waals surface area contributed by atoms with Crippen molar-refractivity contribution in [3.63, 3.8) is 0 Å². The zero-order valence-electron chi connectivity index (χ0n) is 13.0. The second kappa shape index (κ2) is 5.32. The Labute approximate surface area is 131 Å².